The highest BCUT2D eigenvalue weighted by molar-refractivity contribution is 5.88. The number of hydrogen-bond donors (Lipinski definition) is 1. The van der Waals surface area contributed by atoms with Crippen molar-refractivity contribution in [2.75, 3.05) is 13.7 Å². The first kappa shape index (κ1) is 10.2. The normalized spacial score (nSPS) is 18.4. The number of hydrogen-bond acceptors (Lipinski definition) is 3. The van der Waals surface area contributed by atoms with E-state index in [1.165, 1.54) is 0 Å². The lowest BCUT2D eigenvalue weighted by atomic mass is 9.64. The Kier molecular flexibility index (Phi) is 2.49. The van der Waals surface area contributed by atoms with E-state index >= 15 is 0 Å². The predicted molar refractivity (Wildman–Crippen MR) is 58.0 cm³/mol. The molecule has 1 fully saturated rings. The molecule has 80 valence electrons. The maximum absolute atomic E-state index is 11.1. The third-order valence-corrected chi connectivity index (χ3v) is 3.16. The number of Topliss-reactive ketones (excluding diaryl/α,β-unsaturated/α-hetero) is 1. The zero-order valence-electron chi connectivity index (χ0n) is 8.82. The van der Waals surface area contributed by atoms with Crippen molar-refractivity contribution in [1.82, 2.24) is 0 Å². The van der Waals surface area contributed by atoms with E-state index in [1.54, 1.807) is 7.11 Å². The Balaban J connectivity index is 2.24. The fourth-order valence-electron chi connectivity index (χ4n) is 2.11. The molecule has 1 aliphatic carbocycles. The minimum absolute atomic E-state index is 0.108. The molecule has 1 aliphatic rings. The predicted octanol–water partition coefficient (Wildman–Crippen LogP) is 1.25. The summed E-state index contributed by atoms with van der Waals surface area (Å²) in [5.41, 5.74) is 6.79. The van der Waals surface area contributed by atoms with Crippen LogP contribution in [0.4, 0.5) is 0 Å². The molecule has 3 nitrogen and oxygen atoms in total. The van der Waals surface area contributed by atoms with Gasteiger partial charge in [0.15, 0.2) is 0 Å². The summed E-state index contributed by atoms with van der Waals surface area (Å²) in [6.07, 6.45) is 1.16. The minimum Gasteiger partial charge on any atom is -0.497 e. The summed E-state index contributed by atoms with van der Waals surface area (Å²) in [6, 6.07) is 7.82. The molecule has 0 saturated heterocycles. The molecule has 0 aliphatic heterocycles. The molecule has 2 rings (SSSR count). The molecule has 0 unspecified atom stereocenters. The van der Waals surface area contributed by atoms with Crippen LogP contribution in [0.1, 0.15) is 18.4 Å². The average molecular weight is 205 g/mol. The van der Waals surface area contributed by atoms with Gasteiger partial charge in [-0.2, -0.15) is 0 Å². The maximum Gasteiger partial charge on any atom is 0.134 e. The van der Waals surface area contributed by atoms with E-state index < -0.39 is 0 Å². The van der Waals surface area contributed by atoms with Crippen molar-refractivity contribution in [2.45, 2.75) is 18.3 Å². The van der Waals surface area contributed by atoms with E-state index in [2.05, 4.69) is 0 Å². The van der Waals surface area contributed by atoms with E-state index in [4.69, 9.17) is 10.5 Å². The van der Waals surface area contributed by atoms with Crippen LogP contribution in [0.2, 0.25) is 0 Å². The molecule has 0 aromatic heterocycles. The van der Waals surface area contributed by atoms with Crippen molar-refractivity contribution < 1.29 is 9.53 Å². The molecule has 0 radical (unpaired) electrons. The van der Waals surface area contributed by atoms with Gasteiger partial charge in [0.05, 0.1) is 7.11 Å². The van der Waals surface area contributed by atoms with Gasteiger partial charge >= 0.3 is 0 Å². The lowest BCUT2D eigenvalue weighted by Crippen LogP contribution is -2.47. The number of ether oxygens (including phenoxy) is 1. The van der Waals surface area contributed by atoms with Gasteiger partial charge in [0, 0.05) is 24.8 Å². The first-order valence-corrected chi connectivity index (χ1v) is 5.06. The second-order valence-corrected chi connectivity index (χ2v) is 4.11. The van der Waals surface area contributed by atoms with Crippen molar-refractivity contribution >= 4 is 5.78 Å². The van der Waals surface area contributed by atoms with Crippen LogP contribution in [0.3, 0.4) is 0 Å². The van der Waals surface area contributed by atoms with Gasteiger partial charge in [-0.25, -0.2) is 0 Å². The summed E-state index contributed by atoms with van der Waals surface area (Å²) < 4.78 is 5.09. The topological polar surface area (TPSA) is 52.3 Å². The maximum atomic E-state index is 11.1. The van der Waals surface area contributed by atoms with Gasteiger partial charge in [-0.15, -0.1) is 0 Å². The van der Waals surface area contributed by atoms with Gasteiger partial charge < -0.3 is 10.5 Å². The van der Waals surface area contributed by atoms with E-state index in [-0.39, 0.29) is 5.41 Å². The van der Waals surface area contributed by atoms with Gasteiger partial charge in [-0.05, 0) is 17.7 Å². The average Bonchev–Trinajstić information content (AvgIpc) is 2.25. The van der Waals surface area contributed by atoms with E-state index in [9.17, 15) is 4.79 Å². The van der Waals surface area contributed by atoms with Crippen molar-refractivity contribution in [3.8, 4) is 5.75 Å². The zero-order valence-corrected chi connectivity index (χ0v) is 8.82. The largest absolute Gasteiger partial charge is 0.497 e. The van der Waals surface area contributed by atoms with Crippen molar-refractivity contribution in [2.24, 2.45) is 5.73 Å². The molecule has 0 atom stereocenters. The van der Waals surface area contributed by atoms with Crippen LogP contribution in [0, 0.1) is 0 Å². The summed E-state index contributed by atoms with van der Waals surface area (Å²) >= 11 is 0. The third kappa shape index (κ3) is 1.63. The monoisotopic (exact) mass is 205 g/mol. The first-order chi connectivity index (χ1) is 7.20. The number of ketones is 1. The molecular weight excluding hydrogens is 190 g/mol. The van der Waals surface area contributed by atoms with Crippen molar-refractivity contribution in [3.05, 3.63) is 29.8 Å². The van der Waals surface area contributed by atoms with Crippen LogP contribution in [-0.2, 0) is 10.2 Å². The standard InChI is InChI=1S/C12H15NO2/c1-15-11-4-2-9(3-5-11)12(8-13)6-10(14)7-12/h2-5H,6-8,13H2,1H3. The summed E-state index contributed by atoms with van der Waals surface area (Å²) in [7, 11) is 1.64. The number of benzene rings is 1. The Hall–Kier alpha value is -1.35. The molecule has 2 N–H and O–H groups in total. The quantitative estimate of drug-likeness (QED) is 0.808. The molecule has 3 heteroatoms. The van der Waals surface area contributed by atoms with Crippen molar-refractivity contribution in [1.29, 1.82) is 0 Å². The number of methoxy groups -OCH3 is 1. The van der Waals surface area contributed by atoms with E-state index in [0.29, 0.717) is 25.2 Å². The highest BCUT2D eigenvalue weighted by atomic mass is 16.5. The Morgan fingerprint density at radius 1 is 1.33 bits per heavy atom. The molecule has 0 spiro atoms. The molecule has 0 amide bonds. The van der Waals surface area contributed by atoms with E-state index in [1.807, 2.05) is 24.3 Å². The van der Waals surface area contributed by atoms with Crippen LogP contribution >= 0.6 is 0 Å². The number of carbonyl (C=O) groups excluding carboxylic acids is 1. The Bertz CT molecular complexity index is 362. The molecule has 1 aromatic carbocycles. The number of carbonyl (C=O) groups is 1. The fourth-order valence-corrected chi connectivity index (χ4v) is 2.11. The molecule has 15 heavy (non-hydrogen) atoms. The molecule has 0 bridgehead atoms. The lowest BCUT2D eigenvalue weighted by molar-refractivity contribution is -0.128. The van der Waals surface area contributed by atoms with Crippen LogP contribution in [-0.4, -0.2) is 19.4 Å². The molecule has 1 saturated carbocycles. The summed E-state index contributed by atoms with van der Waals surface area (Å²) in [5.74, 6) is 1.13. The first-order valence-electron chi connectivity index (χ1n) is 5.06. The highest BCUT2D eigenvalue weighted by Gasteiger charge is 2.43. The molecule has 1 aromatic rings. The van der Waals surface area contributed by atoms with E-state index in [0.717, 1.165) is 11.3 Å². The lowest BCUT2D eigenvalue weighted by Gasteiger charge is -2.40. The Labute approximate surface area is 89.2 Å². The SMILES string of the molecule is COc1ccc(C2(CN)CC(=O)C2)cc1. The number of nitrogens with two attached hydrogens (primary N) is 1. The van der Waals surface area contributed by atoms with Crippen LogP contribution in [0.5, 0.6) is 5.75 Å². The second kappa shape index (κ2) is 3.66. The van der Waals surface area contributed by atoms with Gasteiger partial charge in [-0.3, -0.25) is 4.79 Å². The van der Waals surface area contributed by atoms with Crippen molar-refractivity contribution in [3.63, 3.8) is 0 Å². The minimum atomic E-state index is -0.108. The van der Waals surface area contributed by atoms with Gasteiger partial charge in [0.25, 0.3) is 0 Å². The smallest absolute Gasteiger partial charge is 0.134 e. The molecular formula is C12H15NO2. The Morgan fingerprint density at radius 3 is 2.33 bits per heavy atom. The van der Waals surface area contributed by atoms with Gasteiger partial charge in [0.2, 0.25) is 0 Å². The van der Waals surface area contributed by atoms with Gasteiger partial charge in [0.1, 0.15) is 11.5 Å². The third-order valence-electron chi connectivity index (χ3n) is 3.16. The van der Waals surface area contributed by atoms with Crippen LogP contribution < -0.4 is 10.5 Å². The summed E-state index contributed by atoms with van der Waals surface area (Å²) in [5, 5.41) is 0. The van der Waals surface area contributed by atoms with Gasteiger partial charge in [-0.1, -0.05) is 12.1 Å². The summed E-state index contributed by atoms with van der Waals surface area (Å²) in [4.78, 5) is 11.1. The Morgan fingerprint density at radius 2 is 1.93 bits per heavy atom. The molecule has 0 heterocycles. The highest BCUT2D eigenvalue weighted by Crippen LogP contribution is 2.40. The van der Waals surface area contributed by atoms with Crippen LogP contribution in [0.25, 0.3) is 0 Å². The summed E-state index contributed by atoms with van der Waals surface area (Å²) in [6.45, 7) is 0.533. The van der Waals surface area contributed by atoms with Crippen LogP contribution in [0.15, 0.2) is 24.3 Å². The second-order valence-electron chi connectivity index (χ2n) is 4.11. The fraction of sp³-hybridized carbons (Fsp3) is 0.417. The number of rotatable bonds is 3. The zero-order chi connectivity index (χ0) is 10.9.